The van der Waals surface area contributed by atoms with Gasteiger partial charge in [-0.15, -0.1) is 0 Å². The maximum Gasteiger partial charge on any atom is 0.175 e. The number of hydrogen-bond acceptors (Lipinski definition) is 4. The van der Waals surface area contributed by atoms with Gasteiger partial charge in [0, 0.05) is 30.6 Å². The van der Waals surface area contributed by atoms with E-state index in [1.54, 1.807) is 18.2 Å². The van der Waals surface area contributed by atoms with Gasteiger partial charge in [0.15, 0.2) is 9.84 Å². The average Bonchev–Trinajstić information content (AvgIpc) is 2.33. The van der Waals surface area contributed by atoms with Gasteiger partial charge < -0.3 is 10.2 Å². The monoisotopic (exact) mass is 282 g/mol. The Bertz CT molecular complexity index is 542. The van der Waals surface area contributed by atoms with Gasteiger partial charge in [-0.2, -0.15) is 0 Å². The standard InChI is InChI=1S/C14H22N2O2S/c1-11-9-13(7-8-16(11)2)15-12-5-4-6-14(10-12)19(3,17)18/h4-6,10-11,13,15H,7-9H2,1-3H3. The summed E-state index contributed by atoms with van der Waals surface area (Å²) in [7, 11) is -0.990. The largest absolute Gasteiger partial charge is 0.382 e. The summed E-state index contributed by atoms with van der Waals surface area (Å²) in [6, 6.07) is 8.05. The van der Waals surface area contributed by atoms with Gasteiger partial charge in [-0.25, -0.2) is 8.42 Å². The van der Waals surface area contributed by atoms with Crippen molar-refractivity contribution in [3.05, 3.63) is 24.3 Å². The van der Waals surface area contributed by atoms with Crippen molar-refractivity contribution in [3.8, 4) is 0 Å². The van der Waals surface area contributed by atoms with Crippen LogP contribution in [0.5, 0.6) is 0 Å². The number of sulfone groups is 1. The lowest BCUT2D eigenvalue weighted by Crippen LogP contribution is -2.42. The molecule has 0 aromatic heterocycles. The van der Waals surface area contributed by atoms with Crippen LogP contribution in [-0.2, 0) is 9.84 Å². The highest BCUT2D eigenvalue weighted by Crippen LogP contribution is 2.21. The first-order valence-corrected chi connectivity index (χ1v) is 8.52. The van der Waals surface area contributed by atoms with Crippen LogP contribution in [0.25, 0.3) is 0 Å². The molecule has 1 aliphatic rings. The number of benzene rings is 1. The summed E-state index contributed by atoms with van der Waals surface area (Å²) >= 11 is 0. The molecule has 19 heavy (non-hydrogen) atoms. The van der Waals surface area contributed by atoms with Gasteiger partial charge in [-0.3, -0.25) is 0 Å². The molecule has 0 saturated carbocycles. The highest BCUT2D eigenvalue weighted by atomic mass is 32.2. The van der Waals surface area contributed by atoms with Gasteiger partial charge in [0.2, 0.25) is 0 Å². The van der Waals surface area contributed by atoms with Gasteiger partial charge in [0.1, 0.15) is 0 Å². The van der Waals surface area contributed by atoms with Crippen LogP contribution in [0.15, 0.2) is 29.2 Å². The van der Waals surface area contributed by atoms with Crippen molar-refractivity contribution >= 4 is 15.5 Å². The fraction of sp³-hybridized carbons (Fsp3) is 0.571. The molecule has 1 aromatic carbocycles. The molecule has 1 saturated heterocycles. The number of nitrogens with one attached hydrogen (secondary N) is 1. The minimum Gasteiger partial charge on any atom is -0.382 e. The van der Waals surface area contributed by atoms with E-state index >= 15 is 0 Å². The highest BCUT2D eigenvalue weighted by molar-refractivity contribution is 7.90. The van der Waals surface area contributed by atoms with Crippen molar-refractivity contribution in [2.75, 3.05) is 25.2 Å². The molecule has 0 bridgehead atoms. The Morgan fingerprint density at radius 3 is 2.74 bits per heavy atom. The summed E-state index contributed by atoms with van der Waals surface area (Å²) in [5, 5.41) is 3.45. The van der Waals surface area contributed by atoms with Crippen molar-refractivity contribution in [2.24, 2.45) is 0 Å². The second-order valence-corrected chi connectivity index (χ2v) is 7.51. The molecule has 1 N–H and O–H groups in total. The number of rotatable bonds is 3. The summed E-state index contributed by atoms with van der Waals surface area (Å²) in [5.74, 6) is 0. The quantitative estimate of drug-likeness (QED) is 0.921. The Labute approximate surface area is 115 Å². The van der Waals surface area contributed by atoms with Gasteiger partial charge in [-0.1, -0.05) is 6.07 Å². The molecule has 2 unspecified atom stereocenters. The normalized spacial score (nSPS) is 25.2. The van der Waals surface area contributed by atoms with E-state index in [-0.39, 0.29) is 0 Å². The third-order valence-electron chi connectivity index (χ3n) is 3.84. The Kier molecular flexibility index (Phi) is 4.16. The van der Waals surface area contributed by atoms with Crippen LogP contribution in [0, 0.1) is 0 Å². The highest BCUT2D eigenvalue weighted by Gasteiger charge is 2.22. The molecule has 5 heteroatoms. The summed E-state index contributed by atoms with van der Waals surface area (Å²) < 4.78 is 23.1. The lowest BCUT2D eigenvalue weighted by atomic mass is 9.99. The predicted octanol–water partition coefficient (Wildman–Crippen LogP) is 1.98. The van der Waals surface area contributed by atoms with Crippen LogP contribution < -0.4 is 5.32 Å². The van der Waals surface area contributed by atoms with E-state index < -0.39 is 9.84 Å². The number of piperidine rings is 1. The fourth-order valence-corrected chi connectivity index (χ4v) is 3.14. The Balaban J connectivity index is 2.08. The van der Waals surface area contributed by atoms with Gasteiger partial charge >= 0.3 is 0 Å². The number of likely N-dealkylation sites (tertiary alicyclic amines) is 1. The molecule has 1 heterocycles. The zero-order valence-electron chi connectivity index (χ0n) is 11.8. The van der Waals surface area contributed by atoms with Crippen molar-refractivity contribution in [1.29, 1.82) is 0 Å². The molecular weight excluding hydrogens is 260 g/mol. The van der Waals surface area contributed by atoms with Gasteiger partial charge in [0.05, 0.1) is 4.90 Å². The van der Waals surface area contributed by atoms with E-state index in [9.17, 15) is 8.42 Å². The molecule has 1 fully saturated rings. The van der Waals surface area contributed by atoms with E-state index in [0.29, 0.717) is 17.0 Å². The van der Waals surface area contributed by atoms with Crippen molar-refractivity contribution in [2.45, 2.75) is 36.7 Å². The first-order chi connectivity index (χ1) is 8.86. The second kappa shape index (κ2) is 5.51. The molecular formula is C14H22N2O2S. The molecule has 0 amide bonds. The maximum atomic E-state index is 11.5. The molecule has 106 valence electrons. The molecule has 2 atom stereocenters. The van der Waals surface area contributed by atoms with Crippen LogP contribution in [0.1, 0.15) is 19.8 Å². The molecule has 2 rings (SSSR count). The summed E-state index contributed by atoms with van der Waals surface area (Å²) in [4.78, 5) is 2.73. The summed E-state index contributed by atoms with van der Waals surface area (Å²) in [6.45, 7) is 3.30. The Hall–Kier alpha value is -1.07. The van der Waals surface area contributed by atoms with Crippen molar-refractivity contribution in [1.82, 2.24) is 4.90 Å². The van der Waals surface area contributed by atoms with Crippen LogP contribution in [0.4, 0.5) is 5.69 Å². The third kappa shape index (κ3) is 3.70. The fourth-order valence-electron chi connectivity index (χ4n) is 2.47. The Morgan fingerprint density at radius 1 is 1.37 bits per heavy atom. The topological polar surface area (TPSA) is 49.4 Å². The van der Waals surface area contributed by atoms with Crippen LogP contribution in [0.3, 0.4) is 0 Å². The lowest BCUT2D eigenvalue weighted by molar-refractivity contribution is 0.190. The minimum atomic E-state index is -3.13. The van der Waals surface area contributed by atoms with Crippen LogP contribution in [0.2, 0.25) is 0 Å². The molecule has 0 aliphatic carbocycles. The zero-order chi connectivity index (χ0) is 14.0. The summed E-state index contributed by atoms with van der Waals surface area (Å²) in [6.07, 6.45) is 3.41. The van der Waals surface area contributed by atoms with E-state index in [1.807, 2.05) is 6.07 Å². The number of anilines is 1. The average molecular weight is 282 g/mol. The third-order valence-corrected chi connectivity index (χ3v) is 4.95. The van der Waals surface area contributed by atoms with Crippen LogP contribution in [-0.4, -0.2) is 45.2 Å². The smallest absolute Gasteiger partial charge is 0.175 e. The van der Waals surface area contributed by atoms with E-state index in [1.165, 1.54) is 6.26 Å². The van der Waals surface area contributed by atoms with Crippen molar-refractivity contribution in [3.63, 3.8) is 0 Å². The van der Waals surface area contributed by atoms with Gasteiger partial charge in [-0.05, 0) is 45.0 Å². The van der Waals surface area contributed by atoms with Crippen LogP contribution >= 0.6 is 0 Å². The maximum absolute atomic E-state index is 11.5. The molecule has 1 aliphatic heterocycles. The van der Waals surface area contributed by atoms with E-state index in [2.05, 4.69) is 24.2 Å². The predicted molar refractivity (Wildman–Crippen MR) is 78.3 cm³/mol. The first-order valence-electron chi connectivity index (χ1n) is 6.63. The SMILES string of the molecule is CC1CC(Nc2cccc(S(C)(=O)=O)c2)CCN1C. The molecule has 0 spiro atoms. The van der Waals surface area contributed by atoms with E-state index in [0.717, 1.165) is 25.1 Å². The molecule has 0 radical (unpaired) electrons. The minimum absolute atomic E-state index is 0.374. The van der Waals surface area contributed by atoms with Gasteiger partial charge in [0.25, 0.3) is 0 Å². The number of nitrogens with zero attached hydrogens (tertiary/aromatic N) is 1. The lowest BCUT2D eigenvalue weighted by Gasteiger charge is -2.35. The summed E-state index contributed by atoms with van der Waals surface area (Å²) in [5.41, 5.74) is 0.893. The first kappa shape index (κ1) is 14.3. The molecule has 4 nitrogen and oxygen atoms in total. The second-order valence-electron chi connectivity index (χ2n) is 5.50. The van der Waals surface area contributed by atoms with Crippen molar-refractivity contribution < 1.29 is 8.42 Å². The Morgan fingerprint density at radius 2 is 2.11 bits per heavy atom. The number of hydrogen-bond donors (Lipinski definition) is 1. The zero-order valence-corrected chi connectivity index (χ0v) is 12.6. The molecule has 1 aromatic rings. The van der Waals surface area contributed by atoms with E-state index in [4.69, 9.17) is 0 Å².